The van der Waals surface area contributed by atoms with E-state index in [9.17, 15) is 4.79 Å². The zero-order valence-corrected chi connectivity index (χ0v) is 6.24. The molecule has 0 unspecified atom stereocenters. The summed E-state index contributed by atoms with van der Waals surface area (Å²) in [6, 6.07) is 6.60. The number of benzene rings is 1. The Morgan fingerprint density at radius 1 is 1.36 bits per heavy atom. The lowest BCUT2D eigenvalue weighted by atomic mass is 10.2. The molecule has 0 bridgehead atoms. The Labute approximate surface area is 65.2 Å². The van der Waals surface area contributed by atoms with Gasteiger partial charge in [0, 0.05) is 0 Å². The maximum absolute atomic E-state index is 10.3. The van der Waals surface area contributed by atoms with E-state index in [4.69, 9.17) is 5.73 Å². The zero-order valence-electron chi connectivity index (χ0n) is 6.24. The van der Waals surface area contributed by atoms with Crippen LogP contribution >= 0.6 is 0 Å². The van der Waals surface area contributed by atoms with E-state index in [2.05, 4.69) is 5.32 Å². The first kappa shape index (κ1) is 7.60. The van der Waals surface area contributed by atoms with Gasteiger partial charge in [0.25, 0.3) is 0 Å². The van der Waals surface area contributed by atoms with Gasteiger partial charge in [-0.25, -0.2) is 4.79 Å². The number of nitrogens with two attached hydrogens (primary N) is 1. The highest BCUT2D eigenvalue weighted by Crippen LogP contribution is 2.07. The SMILES string of the molecule is Cc1ccc([N]C(N)=O)cc1. The summed E-state index contributed by atoms with van der Waals surface area (Å²) < 4.78 is 0. The molecule has 1 radical (unpaired) electrons. The molecule has 11 heavy (non-hydrogen) atoms. The van der Waals surface area contributed by atoms with Gasteiger partial charge in [-0.2, -0.15) is 5.32 Å². The van der Waals surface area contributed by atoms with Gasteiger partial charge in [-0.1, -0.05) is 17.7 Å². The third-order valence-corrected chi connectivity index (χ3v) is 1.27. The van der Waals surface area contributed by atoms with Crippen LogP contribution in [0.5, 0.6) is 0 Å². The normalized spacial score (nSPS) is 9.18. The summed E-state index contributed by atoms with van der Waals surface area (Å²) in [5.74, 6) is 0. The summed E-state index contributed by atoms with van der Waals surface area (Å²) in [6.45, 7) is 1.97. The molecule has 1 aromatic rings. The van der Waals surface area contributed by atoms with Gasteiger partial charge in [-0.15, -0.1) is 0 Å². The third-order valence-electron chi connectivity index (χ3n) is 1.27. The molecule has 2 N–H and O–H groups in total. The lowest BCUT2D eigenvalue weighted by Crippen LogP contribution is -2.18. The number of carbonyl (C=O) groups is 1. The van der Waals surface area contributed by atoms with Crippen LogP contribution in [0.4, 0.5) is 10.5 Å². The Morgan fingerprint density at radius 3 is 2.36 bits per heavy atom. The summed E-state index contributed by atoms with van der Waals surface area (Å²) >= 11 is 0. The summed E-state index contributed by atoms with van der Waals surface area (Å²) in [5, 5.41) is 3.54. The molecule has 2 amide bonds. The molecule has 0 saturated carbocycles. The maximum atomic E-state index is 10.3. The van der Waals surface area contributed by atoms with Crippen molar-refractivity contribution in [3.8, 4) is 0 Å². The molecule has 0 aliphatic heterocycles. The lowest BCUT2D eigenvalue weighted by molar-refractivity contribution is 0.252. The van der Waals surface area contributed by atoms with Crippen LogP contribution in [0.3, 0.4) is 0 Å². The molecule has 57 valence electrons. The second kappa shape index (κ2) is 3.05. The Bertz CT molecular complexity index is 253. The Morgan fingerprint density at radius 2 is 1.91 bits per heavy atom. The van der Waals surface area contributed by atoms with E-state index in [0.717, 1.165) is 5.56 Å². The first-order chi connectivity index (χ1) is 5.18. The monoisotopic (exact) mass is 149 g/mol. The molecule has 0 heterocycles. The van der Waals surface area contributed by atoms with Crippen molar-refractivity contribution in [3.63, 3.8) is 0 Å². The molecule has 0 aliphatic rings. The highest BCUT2D eigenvalue weighted by Gasteiger charge is 1.96. The lowest BCUT2D eigenvalue weighted by Gasteiger charge is -1.96. The molecule has 1 rings (SSSR count). The van der Waals surface area contributed by atoms with E-state index in [1.165, 1.54) is 0 Å². The zero-order chi connectivity index (χ0) is 8.27. The van der Waals surface area contributed by atoms with Crippen LogP contribution in [0.25, 0.3) is 0 Å². The van der Waals surface area contributed by atoms with Gasteiger partial charge in [0.15, 0.2) is 0 Å². The quantitative estimate of drug-likeness (QED) is 0.643. The number of nitrogens with zero attached hydrogens (tertiary/aromatic N) is 1. The van der Waals surface area contributed by atoms with Crippen LogP contribution in [0, 0.1) is 6.92 Å². The number of primary amides is 1. The van der Waals surface area contributed by atoms with E-state index >= 15 is 0 Å². The molecule has 1 aromatic carbocycles. The van der Waals surface area contributed by atoms with E-state index in [0.29, 0.717) is 5.69 Å². The summed E-state index contributed by atoms with van der Waals surface area (Å²) in [6.07, 6.45) is 0. The predicted molar refractivity (Wildman–Crippen MR) is 42.6 cm³/mol. The molecular weight excluding hydrogens is 140 g/mol. The van der Waals surface area contributed by atoms with Gasteiger partial charge < -0.3 is 5.73 Å². The smallest absolute Gasteiger partial charge is 0.338 e. The fourth-order valence-corrected chi connectivity index (χ4v) is 0.747. The van der Waals surface area contributed by atoms with Crippen molar-refractivity contribution in [2.75, 3.05) is 0 Å². The van der Waals surface area contributed by atoms with Crippen molar-refractivity contribution >= 4 is 11.7 Å². The Hall–Kier alpha value is -1.51. The molecule has 3 nitrogen and oxygen atoms in total. The van der Waals surface area contributed by atoms with E-state index < -0.39 is 6.03 Å². The van der Waals surface area contributed by atoms with Crippen molar-refractivity contribution in [2.24, 2.45) is 5.73 Å². The molecule has 0 fully saturated rings. The number of rotatable bonds is 1. The van der Waals surface area contributed by atoms with Crippen molar-refractivity contribution in [1.82, 2.24) is 5.32 Å². The topological polar surface area (TPSA) is 57.2 Å². The first-order valence-corrected chi connectivity index (χ1v) is 3.26. The van der Waals surface area contributed by atoms with Gasteiger partial charge in [0.1, 0.15) is 0 Å². The standard InChI is InChI=1S/C8H9N2O/c1-6-2-4-7(5-3-6)10-8(9)11/h2-5H,1H3,(H2,9,11). The van der Waals surface area contributed by atoms with Crippen LogP contribution in [0.2, 0.25) is 0 Å². The van der Waals surface area contributed by atoms with Gasteiger partial charge in [-0.05, 0) is 19.1 Å². The van der Waals surface area contributed by atoms with Crippen molar-refractivity contribution in [3.05, 3.63) is 29.8 Å². The molecule has 0 aromatic heterocycles. The number of carbonyl (C=O) groups excluding carboxylic acids is 1. The highest BCUT2D eigenvalue weighted by atomic mass is 16.2. The van der Waals surface area contributed by atoms with Gasteiger partial charge in [0.05, 0.1) is 5.69 Å². The summed E-state index contributed by atoms with van der Waals surface area (Å²) in [7, 11) is 0. The van der Waals surface area contributed by atoms with Gasteiger partial charge in [-0.3, -0.25) is 0 Å². The minimum absolute atomic E-state index is 0.600. The molecular formula is C8H9N2O. The van der Waals surface area contributed by atoms with E-state index in [-0.39, 0.29) is 0 Å². The number of urea groups is 1. The van der Waals surface area contributed by atoms with Crippen molar-refractivity contribution in [1.29, 1.82) is 0 Å². The average Bonchev–Trinajstić information content (AvgIpc) is 1.93. The second-order valence-electron chi connectivity index (χ2n) is 2.29. The molecule has 0 spiro atoms. The van der Waals surface area contributed by atoms with Crippen molar-refractivity contribution < 1.29 is 4.79 Å². The van der Waals surface area contributed by atoms with Crippen LogP contribution < -0.4 is 11.1 Å². The average molecular weight is 149 g/mol. The predicted octanol–water partition coefficient (Wildman–Crippen LogP) is 1.31. The number of hydrogen-bond donors (Lipinski definition) is 1. The third kappa shape index (κ3) is 2.29. The number of amides is 2. The van der Waals surface area contributed by atoms with Crippen LogP contribution in [-0.2, 0) is 0 Å². The molecule has 0 aliphatic carbocycles. The largest absolute Gasteiger partial charge is 0.350 e. The van der Waals surface area contributed by atoms with E-state index in [1.54, 1.807) is 12.1 Å². The van der Waals surface area contributed by atoms with Crippen molar-refractivity contribution in [2.45, 2.75) is 6.92 Å². The fraction of sp³-hybridized carbons (Fsp3) is 0.125. The fourth-order valence-electron chi connectivity index (χ4n) is 0.747. The van der Waals surface area contributed by atoms with Crippen LogP contribution in [-0.4, -0.2) is 6.03 Å². The maximum Gasteiger partial charge on any atom is 0.338 e. The number of aryl methyl sites for hydroxylation is 1. The van der Waals surface area contributed by atoms with Crippen LogP contribution in [0.1, 0.15) is 5.56 Å². The van der Waals surface area contributed by atoms with Gasteiger partial charge in [0.2, 0.25) is 0 Å². The summed E-state index contributed by atoms with van der Waals surface area (Å²) in [5.41, 5.74) is 6.59. The van der Waals surface area contributed by atoms with Crippen LogP contribution in [0.15, 0.2) is 24.3 Å². The minimum Gasteiger partial charge on any atom is -0.350 e. The molecule has 0 atom stereocenters. The number of hydrogen-bond acceptors (Lipinski definition) is 1. The second-order valence-corrected chi connectivity index (χ2v) is 2.29. The molecule has 0 saturated heterocycles. The Balaban J connectivity index is 2.74. The Kier molecular flexibility index (Phi) is 2.11. The van der Waals surface area contributed by atoms with E-state index in [1.807, 2.05) is 19.1 Å². The first-order valence-electron chi connectivity index (χ1n) is 3.26. The molecule has 3 heteroatoms. The minimum atomic E-state index is -0.658. The highest BCUT2D eigenvalue weighted by molar-refractivity contribution is 5.76. The van der Waals surface area contributed by atoms with Gasteiger partial charge >= 0.3 is 6.03 Å². The summed E-state index contributed by atoms with van der Waals surface area (Å²) in [4.78, 5) is 10.3.